The van der Waals surface area contributed by atoms with Crippen molar-refractivity contribution in [1.82, 2.24) is 5.32 Å². The van der Waals surface area contributed by atoms with Gasteiger partial charge in [-0.1, -0.05) is 30.3 Å². The Kier molecular flexibility index (Phi) is 4.47. The van der Waals surface area contributed by atoms with E-state index in [2.05, 4.69) is 5.32 Å². The van der Waals surface area contributed by atoms with Crippen LogP contribution in [-0.2, 0) is 14.3 Å². The van der Waals surface area contributed by atoms with Crippen molar-refractivity contribution < 1.29 is 14.3 Å². The van der Waals surface area contributed by atoms with Crippen LogP contribution in [0, 0.1) is 5.92 Å². The van der Waals surface area contributed by atoms with Crippen LogP contribution in [0.25, 0.3) is 0 Å². The van der Waals surface area contributed by atoms with Crippen molar-refractivity contribution in [3.05, 3.63) is 35.9 Å². The van der Waals surface area contributed by atoms with Gasteiger partial charge >= 0.3 is 5.97 Å². The van der Waals surface area contributed by atoms with Crippen LogP contribution in [0.4, 0.5) is 0 Å². The second-order valence-electron chi connectivity index (χ2n) is 6.24. The lowest BCUT2D eigenvalue weighted by Crippen LogP contribution is -2.47. The molecule has 1 aliphatic heterocycles. The molecule has 1 N–H and O–H groups in total. The third kappa shape index (κ3) is 3.32. The second kappa shape index (κ2) is 5.98. The molecule has 0 unspecified atom stereocenters. The number of nitrogens with one attached hydrogen (secondary N) is 1. The Morgan fingerprint density at radius 2 is 1.90 bits per heavy atom. The van der Waals surface area contributed by atoms with Gasteiger partial charge in [0.15, 0.2) is 0 Å². The summed E-state index contributed by atoms with van der Waals surface area (Å²) in [5.74, 6) is -0.406. The average Bonchev–Trinajstić information content (AvgIpc) is 2.79. The van der Waals surface area contributed by atoms with E-state index in [-0.39, 0.29) is 29.8 Å². The van der Waals surface area contributed by atoms with Crippen LogP contribution in [0.5, 0.6) is 0 Å². The van der Waals surface area contributed by atoms with Crippen molar-refractivity contribution in [3.63, 3.8) is 0 Å². The standard InChI is InChI=1S/C17H23NO3/c1-11(2)21-16(20)17(4)10-14(12(3)19)15(18-17)13-8-6-5-7-9-13/h5-9,11,14-15,18H,10H2,1-4H3/t14-,15+,17+/m1/s1. The molecule has 0 aromatic heterocycles. The molecule has 2 rings (SSSR count). The molecule has 1 aromatic carbocycles. The second-order valence-corrected chi connectivity index (χ2v) is 6.24. The highest BCUT2D eigenvalue weighted by Gasteiger charge is 2.49. The van der Waals surface area contributed by atoms with E-state index < -0.39 is 5.54 Å². The van der Waals surface area contributed by atoms with E-state index in [1.807, 2.05) is 51.1 Å². The molecule has 3 atom stereocenters. The molecule has 1 saturated heterocycles. The quantitative estimate of drug-likeness (QED) is 0.866. The number of hydrogen-bond acceptors (Lipinski definition) is 4. The summed E-state index contributed by atoms with van der Waals surface area (Å²) in [5.41, 5.74) is 0.208. The maximum atomic E-state index is 12.3. The van der Waals surface area contributed by atoms with Crippen LogP contribution in [0.15, 0.2) is 30.3 Å². The van der Waals surface area contributed by atoms with Gasteiger partial charge < -0.3 is 4.74 Å². The van der Waals surface area contributed by atoms with Crippen LogP contribution in [-0.4, -0.2) is 23.4 Å². The van der Waals surface area contributed by atoms with Crippen LogP contribution < -0.4 is 5.32 Å². The van der Waals surface area contributed by atoms with Gasteiger partial charge in [-0.25, -0.2) is 0 Å². The summed E-state index contributed by atoms with van der Waals surface area (Å²) in [6.45, 7) is 7.05. The number of carbonyl (C=O) groups excluding carboxylic acids is 2. The van der Waals surface area contributed by atoms with E-state index >= 15 is 0 Å². The first-order chi connectivity index (χ1) is 9.83. The maximum Gasteiger partial charge on any atom is 0.326 e. The molecule has 0 amide bonds. The van der Waals surface area contributed by atoms with Gasteiger partial charge in [-0.2, -0.15) is 0 Å². The summed E-state index contributed by atoms with van der Waals surface area (Å²) >= 11 is 0. The minimum Gasteiger partial charge on any atom is -0.462 e. The summed E-state index contributed by atoms with van der Waals surface area (Å²) in [5, 5.41) is 3.32. The zero-order chi connectivity index (χ0) is 15.6. The van der Waals surface area contributed by atoms with E-state index in [1.165, 1.54) is 0 Å². The fourth-order valence-electron chi connectivity index (χ4n) is 2.90. The average molecular weight is 289 g/mol. The number of Topliss-reactive ketones (excluding diaryl/α,β-unsaturated/α-hetero) is 1. The zero-order valence-electron chi connectivity index (χ0n) is 13.1. The number of hydrogen-bond donors (Lipinski definition) is 1. The largest absolute Gasteiger partial charge is 0.462 e. The molecule has 4 nitrogen and oxygen atoms in total. The first-order valence-electron chi connectivity index (χ1n) is 7.37. The van der Waals surface area contributed by atoms with Crippen molar-refractivity contribution in [2.75, 3.05) is 0 Å². The lowest BCUT2D eigenvalue weighted by Gasteiger charge is -2.25. The molecule has 0 spiro atoms. The fraction of sp³-hybridized carbons (Fsp3) is 0.529. The minimum absolute atomic E-state index is 0.0948. The molecule has 114 valence electrons. The molecular formula is C17H23NO3. The van der Waals surface area contributed by atoms with Gasteiger partial charge in [0, 0.05) is 12.0 Å². The van der Waals surface area contributed by atoms with Gasteiger partial charge in [0.05, 0.1) is 6.10 Å². The van der Waals surface area contributed by atoms with Crippen molar-refractivity contribution in [1.29, 1.82) is 0 Å². The van der Waals surface area contributed by atoms with Crippen LogP contribution in [0.1, 0.15) is 45.7 Å². The minimum atomic E-state index is -0.818. The predicted octanol–water partition coefficient (Wildman–Crippen LogP) is 2.64. The number of ketones is 1. The van der Waals surface area contributed by atoms with Crippen LogP contribution in [0.2, 0.25) is 0 Å². The maximum absolute atomic E-state index is 12.3. The van der Waals surface area contributed by atoms with Gasteiger partial charge in [-0.3, -0.25) is 14.9 Å². The Bertz CT molecular complexity index is 526. The third-order valence-corrected chi connectivity index (χ3v) is 3.98. The van der Waals surface area contributed by atoms with Crippen molar-refractivity contribution in [2.24, 2.45) is 5.92 Å². The normalized spacial score (nSPS) is 28.6. The summed E-state index contributed by atoms with van der Waals surface area (Å²) in [7, 11) is 0. The van der Waals surface area contributed by atoms with Crippen molar-refractivity contribution in [3.8, 4) is 0 Å². The summed E-state index contributed by atoms with van der Waals surface area (Å²) in [6.07, 6.45) is 0.302. The summed E-state index contributed by atoms with van der Waals surface area (Å²) < 4.78 is 5.34. The fourth-order valence-corrected chi connectivity index (χ4v) is 2.90. The van der Waals surface area contributed by atoms with Gasteiger partial charge in [0.1, 0.15) is 11.3 Å². The molecule has 21 heavy (non-hydrogen) atoms. The highest BCUT2D eigenvalue weighted by atomic mass is 16.5. The molecule has 0 saturated carbocycles. The Morgan fingerprint density at radius 3 is 2.43 bits per heavy atom. The number of ether oxygens (including phenoxy) is 1. The van der Waals surface area contributed by atoms with Crippen LogP contribution >= 0.6 is 0 Å². The van der Waals surface area contributed by atoms with Gasteiger partial charge in [-0.05, 0) is 39.7 Å². The first-order valence-corrected chi connectivity index (χ1v) is 7.37. The van der Waals surface area contributed by atoms with Crippen molar-refractivity contribution >= 4 is 11.8 Å². The number of carbonyl (C=O) groups is 2. The van der Waals surface area contributed by atoms with E-state index in [0.29, 0.717) is 6.42 Å². The SMILES string of the molecule is CC(=O)[C@H]1C[C@@](C)(C(=O)OC(C)C)N[C@H]1c1ccccc1. The smallest absolute Gasteiger partial charge is 0.326 e. The van der Waals surface area contributed by atoms with Crippen LogP contribution in [0.3, 0.4) is 0 Å². The molecular weight excluding hydrogens is 266 g/mol. The van der Waals surface area contributed by atoms with Gasteiger partial charge in [-0.15, -0.1) is 0 Å². The molecule has 0 aliphatic carbocycles. The molecule has 1 heterocycles. The highest BCUT2D eigenvalue weighted by Crippen LogP contribution is 2.39. The van der Waals surface area contributed by atoms with Gasteiger partial charge in [0.2, 0.25) is 0 Å². The molecule has 0 radical (unpaired) electrons. The molecule has 4 heteroatoms. The van der Waals surface area contributed by atoms with E-state index in [4.69, 9.17) is 4.74 Å². The number of benzene rings is 1. The Balaban J connectivity index is 2.27. The molecule has 0 bridgehead atoms. The Labute approximate surface area is 125 Å². The zero-order valence-corrected chi connectivity index (χ0v) is 13.1. The monoisotopic (exact) mass is 289 g/mol. The topological polar surface area (TPSA) is 55.4 Å². The Morgan fingerprint density at radius 1 is 1.29 bits per heavy atom. The lowest BCUT2D eigenvalue weighted by atomic mass is 9.87. The summed E-state index contributed by atoms with van der Waals surface area (Å²) in [6, 6.07) is 9.63. The van der Waals surface area contributed by atoms with E-state index in [0.717, 1.165) is 5.56 Å². The number of esters is 1. The lowest BCUT2D eigenvalue weighted by molar-refractivity contribution is -0.154. The van der Waals surface area contributed by atoms with E-state index in [1.54, 1.807) is 6.92 Å². The van der Waals surface area contributed by atoms with Crippen molar-refractivity contribution in [2.45, 2.75) is 51.8 Å². The predicted molar refractivity (Wildman–Crippen MR) is 80.7 cm³/mol. The Hall–Kier alpha value is -1.68. The highest BCUT2D eigenvalue weighted by molar-refractivity contribution is 5.86. The third-order valence-electron chi connectivity index (χ3n) is 3.98. The molecule has 1 aliphatic rings. The van der Waals surface area contributed by atoms with E-state index in [9.17, 15) is 9.59 Å². The first kappa shape index (κ1) is 15.7. The van der Waals surface area contributed by atoms with Gasteiger partial charge in [0.25, 0.3) is 0 Å². The number of rotatable bonds is 4. The molecule has 1 fully saturated rings. The summed E-state index contributed by atoms with van der Waals surface area (Å²) in [4.78, 5) is 24.3. The molecule has 1 aromatic rings.